The number of piperazine rings is 1. The van der Waals surface area contributed by atoms with E-state index in [9.17, 15) is 4.79 Å². The Bertz CT molecular complexity index is 687. The number of pyridine rings is 1. The van der Waals surface area contributed by atoms with E-state index < -0.39 is 0 Å². The first-order valence-corrected chi connectivity index (χ1v) is 8.63. The van der Waals surface area contributed by atoms with E-state index in [4.69, 9.17) is 4.74 Å². The van der Waals surface area contributed by atoms with Crippen LogP contribution >= 0.6 is 0 Å². The normalized spacial score (nSPS) is 14.4. The van der Waals surface area contributed by atoms with Gasteiger partial charge in [0.05, 0.1) is 12.3 Å². The minimum Gasteiger partial charge on any atom is -0.490 e. The molecule has 0 atom stereocenters. The molecule has 1 aliphatic rings. The summed E-state index contributed by atoms with van der Waals surface area (Å²) in [6.07, 6.45) is 7.87. The highest BCUT2D eigenvalue weighted by Gasteiger charge is 2.23. The Labute approximate surface area is 147 Å². The molecular formula is C18H23N5O2. The highest BCUT2D eigenvalue weighted by atomic mass is 16.5. The SMILES string of the molecule is CCOc1cccnc1N1CCN(C(=O)CCc2cnccn2)CC1. The van der Waals surface area contributed by atoms with E-state index in [0.717, 1.165) is 30.4 Å². The highest BCUT2D eigenvalue weighted by Crippen LogP contribution is 2.26. The fraction of sp³-hybridized carbons (Fsp3) is 0.444. The van der Waals surface area contributed by atoms with Crippen LogP contribution in [0.5, 0.6) is 5.75 Å². The van der Waals surface area contributed by atoms with Crippen LogP contribution in [0.1, 0.15) is 19.0 Å². The molecular weight excluding hydrogens is 318 g/mol. The molecule has 0 N–H and O–H groups in total. The number of rotatable bonds is 6. The number of hydrogen-bond donors (Lipinski definition) is 0. The van der Waals surface area contributed by atoms with E-state index in [-0.39, 0.29) is 5.91 Å². The minimum absolute atomic E-state index is 0.163. The van der Waals surface area contributed by atoms with Crippen LogP contribution in [0.25, 0.3) is 0 Å². The molecule has 1 saturated heterocycles. The molecule has 7 heteroatoms. The van der Waals surface area contributed by atoms with Crippen molar-refractivity contribution in [2.24, 2.45) is 0 Å². The van der Waals surface area contributed by atoms with Gasteiger partial charge in [-0.2, -0.15) is 0 Å². The monoisotopic (exact) mass is 341 g/mol. The van der Waals surface area contributed by atoms with Crippen LogP contribution in [0.2, 0.25) is 0 Å². The van der Waals surface area contributed by atoms with Crippen molar-refractivity contribution < 1.29 is 9.53 Å². The molecule has 0 radical (unpaired) electrons. The smallest absolute Gasteiger partial charge is 0.223 e. The number of hydrogen-bond acceptors (Lipinski definition) is 6. The number of carbonyl (C=O) groups excluding carboxylic acids is 1. The lowest BCUT2D eigenvalue weighted by Crippen LogP contribution is -2.49. The maximum atomic E-state index is 12.4. The Morgan fingerprint density at radius 1 is 1.16 bits per heavy atom. The van der Waals surface area contributed by atoms with Crippen molar-refractivity contribution in [3.8, 4) is 5.75 Å². The van der Waals surface area contributed by atoms with Crippen LogP contribution in [0, 0.1) is 0 Å². The molecule has 0 bridgehead atoms. The number of amides is 1. The zero-order valence-electron chi connectivity index (χ0n) is 14.5. The van der Waals surface area contributed by atoms with Gasteiger partial charge in [-0.3, -0.25) is 14.8 Å². The van der Waals surface area contributed by atoms with Crippen LogP contribution in [-0.4, -0.2) is 58.5 Å². The molecule has 0 aliphatic carbocycles. The van der Waals surface area contributed by atoms with Gasteiger partial charge in [0, 0.05) is 57.4 Å². The standard InChI is InChI=1S/C18H23N5O2/c1-2-25-16-4-3-7-21-18(16)23-12-10-22(11-13-23)17(24)6-5-15-14-19-8-9-20-15/h3-4,7-9,14H,2,5-6,10-13H2,1H3. The number of ether oxygens (including phenoxy) is 1. The van der Waals surface area contributed by atoms with Crippen molar-refractivity contribution >= 4 is 11.7 Å². The second-order valence-electron chi connectivity index (χ2n) is 5.82. The van der Waals surface area contributed by atoms with Gasteiger partial charge in [0.15, 0.2) is 11.6 Å². The number of anilines is 1. The van der Waals surface area contributed by atoms with Crippen molar-refractivity contribution in [2.75, 3.05) is 37.7 Å². The molecule has 3 rings (SSSR count). The lowest BCUT2D eigenvalue weighted by Gasteiger charge is -2.36. The Balaban J connectivity index is 1.52. The quantitative estimate of drug-likeness (QED) is 0.794. The second kappa shape index (κ2) is 8.41. The summed E-state index contributed by atoms with van der Waals surface area (Å²) in [5, 5.41) is 0. The average Bonchev–Trinajstić information content (AvgIpc) is 2.68. The summed E-state index contributed by atoms with van der Waals surface area (Å²) < 4.78 is 5.65. The summed E-state index contributed by atoms with van der Waals surface area (Å²) in [6.45, 7) is 5.48. The van der Waals surface area contributed by atoms with Crippen molar-refractivity contribution in [1.82, 2.24) is 19.9 Å². The Kier molecular flexibility index (Phi) is 5.77. The van der Waals surface area contributed by atoms with Gasteiger partial charge >= 0.3 is 0 Å². The first-order valence-electron chi connectivity index (χ1n) is 8.63. The second-order valence-corrected chi connectivity index (χ2v) is 5.82. The maximum Gasteiger partial charge on any atom is 0.223 e. The topological polar surface area (TPSA) is 71.5 Å². The fourth-order valence-corrected chi connectivity index (χ4v) is 2.91. The van der Waals surface area contributed by atoms with Gasteiger partial charge in [0.25, 0.3) is 0 Å². The Morgan fingerprint density at radius 2 is 2.00 bits per heavy atom. The maximum absolute atomic E-state index is 12.4. The number of aromatic nitrogens is 3. The number of carbonyl (C=O) groups is 1. The fourth-order valence-electron chi connectivity index (χ4n) is 2.91. The summed E-state index contributed by atoms with van der Waals surface area (Å²) in [6, 6.07) is 3.81. The van der Waals surface area contributed by atoms with Crippen molar-refractivity contribution in [2.45, 2.75) is 19.8 Å². The predicted molar refractivity (Wildman–Crippen MR) is 94.6 cm³/mol. The van der Waals surface area contributed by atoms with Gasteiger partial charge in [-0.25, -0.2) is 4.98 Å². The number of nitrogens with zero attached hydrogens (tertiary/aromatic N) is 5. The molecule has 1 amide bonds. The predicted octanol–water partition coefficient (Wildman–Crippen LogP) is 1.55. The van der Waals surface area contributed by atoms with E-state index in [1.807, 2.05) is 24.0 Å². The van der Waals surface area contributed by atoms with E-state index in [1.54, 1.807) is 24.8 Å². The summed E-state index contributed by atoms with van der Waals surface area (Å²) in [7, 11) is 0. The molecule has 7 nitrogen and oxygen atoms in total. The molecule has 2 aromatic heterocycles. The summed E-state index contributed by atoms with van der Waals surface area (Å²) >= 11 is 0. The van der Waals surface area contributed by atoms with E-state index >= 15 is 0 Å². The van der Waals surface area contributed by atoms with Crippen LogP contribution < -0.4 is 9.64 Å². The van der Waals surface area contributed by atoms with Gasteiger partial charge in [-0.15, -0.1) is 0 Å². The zero-order valence-corrected chi connectivity index (χ0v) is 14.5. The molecule has 1 aliphatic heterocycles. The van der Waals surface area contributed by atoms with Gasteiger partial charge in [0.2, 0.25) is 5.91 Å². The molecule has 3 heterocycles. The number of aryl methyl sites for hydroxylation is 1. The summed E-state index contributed by atoms with van der Waals surface area (Å²) in [5.41, 5.74) is 0.851. The van der Waals surface area contributed by atoms with Crippen molar-refractivity contribution in [3.63, 3.8) is 0 Å². The zero-order chi connectivity index (χ0) is 17.5. The van der Waals surface area contributed by atoms with Crippen molar-refractivity contribution in [1.29, 1.82) is 0 Å². The lowest BCUT2D eigenvalue weighted by molar-refractivity contribution is -0.131. The first-order chi connectivity index (χ1) is 12.3. The van der Waals surface area contributed by atoms with E-state index in [1.165, 1.54) is 0 Å². The van der Waals surface area contributed by atoms with Crippen LogP contribution in [0.15, 0.2) is 36.9 Å². The van der Waals surface area contributed by atoms with E-state index in [2.05, 4.69) is 19.9 Å². The van der Waals surface area contributed by atoms with Gasteiger partial charge < -0.3 is 14.5 Å². The molecule has 0 aromatic carbocycles. The molecule has 0 spiro atoms. The molecule has 2 aromatic rings. The third kappa shape index (κ3) is 4.43. The molecule has 0 saturated carbocycles. The van der Waals surface area contributed by atoms with Gasteiger partial charge in [-0.1, -0.05) is 0 Å². The van der Waals surface area contributed by atoms with Gasteiger partial charge in [-0.05, 0) is 25.5 Å². The summed E-state index contributed by atoms with van der Waals surface area (Å²) in [4.78, 5) is 29.2. The van der Waals surface area contributed by atoms with Crippen LogP contribution in [0.3, 0.4) is 0 Å². The minimum atomic E-state index is 0.163. The Morgan fingerprint density at radius 3 is 2.72 bits per heavy atom. The third-order valence-electron chi connectivity index (χ3n) is 4.19. The molecule has 1 fully saturated rings. The highest BCUT2D eigenvalue weighted by molar-refractivity contribution is 5.76. The van der Waals surface area contributed by atoms with Crippen molar-refractivity contribution in [3.05, 3.63) is 42.6 Å². The average molecular weight is 341 g/mol. The van der Waals surface area contributed by atoms with E-state index in [0.29, 0.717) is 32.5 Å². The van der Waals surface area contributed by atoms with Crippen LogP contribution in [-0.2, 0) is 11.2 Å². The third-order valence-corrected chi connectivity index (χ3v) is 4.19. The Hall–Kier alpha value is -2.70. The van der Waals surface area contributed by atoms with Crippen LogP contribution in [0.4, 0.5) is 5.82 Å². The first kappa shape index (κ1) is 17.1. The molecule has 132 valence electrons. The lowest BCUT2D eigenvalue weighted by atomic mass is 10.2. The summed E-state index contributed by atoms with van der Waals surface area (Å²) in [5.74, 6) is 1.82. The van der Waals surface area contributed by atoms with Gasteiger partial charge in [0.1, 0.15) is 0 Å². The molecule has 25 heavy (non-hydrogen) atoms. The largest absolute Gasteiger partial charge is 0.490 e. The molecule has 0 unspecified atom stereocenters.